The molecule has 1 heterocycles. The van der Waals surface area contributed by atoms with E-state index in [1.54, 1.807) is 11.3 Å². The normalized spacial score (nSPS) is 20.7. The fourth-order valence-electron chi connectivity index (χ4n) is 2.71. The number of hydrogen-bond donors (Lipinski definition) is 1. The van der Waals surface area contributed by atoms with E-state index in [-0.39, 0.29) is 6.04 Å². The van der Waals surface area contributed by atoms with Crippen molar-refractivity contribution in [3.05, 3.63) is 20.3 Å². The third kappa shape index (κ3) is 2.88. The van der Waals surface area contributed by atoms with Crippen molar-refractivity contribution in [1.29, 1.82) is 0 Å². The quantitative estimate of drug-likeness (QED) is 0.781. The van der Waals surface area contributed by atoms with Gasteiger partial charge in [-0.1, -0.05) is 25.7 Å². The molecule has 1 aromatic rings. The van der Waals surface area contributed by atoms with Crippen LogP contribution in [0.1, 0.15) is 55.0 Å². The van der Waals surface area contributed by atoms with Gasteiger partial charge in [0.25, 0.3) is 0 Å². The Kier molecular flexibility index (Phi) is 4.45. The summed E-state index contributed by atoms with van der Waals surface area (Å²) in [5.41, 5.74) is 7.80. The summed E-state index contributed by atoms with van der Waals surface area (Å²) in [6.07, 6.45) is 8.15. The minimum absolute atomic E-state index is 0.251. The number of nitrogens with two attached hydrogens (primary N) is 1. The maximum absolute atomic E-state index is 6.44. The molecule has 1 fully saturated rings. The van der Waals surface area contributed by atoms with E-state index in [1.165, 1.54) is 52.8 Å². The van der Waals surface area contributed by atoms with Gasteiger partial charge in [0.2, 0.25) is 0 Å². The molecule has 0 bridgehead atoms. The Labute approximate surface area is 111 Å². The number of halogens is 1. The van der Waals surface area contributed by atoms with Gasteiger partial charge in [-0.15, -0.1) is 11.3 Å². The molecule has 1 aromatic heterocycles. The van der Waals surface area contributed by atoms with Gasteiger partial charge in [0.15, 0.2) is 0 Å². The first-order valence-electron chi connectivity index (χ1n) is 6.20. The zero-order valence-electron chi connectivity index (χ0n) is 9.84. The molecule has 0 amide bonds. The van der Waals surface area contributed by atoms with Crippen molar-refractivity contribution in [3.8, 4) is 0 Å². The third-order valence-electron chi connectivity index (χ3n) is 3.69. The summed E-state index contributed by atoms with van der Waals surface area (Å²) in [6.45, 7) is 2.18. The van der Waals surface area contributed by atoms with Crippen LogP contribution in [0.5, 0.6) is 0 Å². The van der Waals surface area contributed by atoms with E-state index in [4.69, 9.17) is 5.73 Å². The van der Waals surface area contributed by atoms with Crippen LogP contribution in [0.3, 0.4) is 0 Å². The molecule has 0 saturated heterocycles. The molecule has 2 N–H and O–H groups in total. The first-order chi connectivity index (χ1) is 7.68. The van der Waals surface area contributed by atoms with Crippen LogP contribution in [0.25, 0.3) is 0 Å². The third-order valence-corrected chi connectivity index (χ3v) is 5.26. The van der Waals surface area contributed by atoms with Crippen molar-refractivity contribution in [1.82, 2.24) is 0 Å². The fourth-order valence-corrected chi connectivity index (χ4v) is 4.48. The highest BCUT2D eigenvalue weighted by molar-refractivity contribution is 9.11. The second-order valence-electron chi connectivity index (χ2n) is 4.84. The summed E-state index contributed by atoms with van der Waals surface area (Å²) < 4.78 is 1.21. The zero-order chi connectivity index (χ0) is 11.5. The van der Waals surface area contributed by atoms with Crippen molar-refractivity contribution in [3.63, 3.8) is 0 Å². The van der Waals surface area contributed by atoms with E-state index in [1.807, 2.05) is 0 Å². The molecule has 16 heavy (non-hydrogen) atoms. The predicted molar refractivity (Wildman–Crippen MR) is 74.9 cm³/mol. The molecule has 0 radical (unpaired) electrons. The van der Waals surface area contributed by atoms with Crippen LogP contribution in [0.4, 0.5) is 0 Å². The molecule has 2 rings (SSSR count). The van der Waals surface area contributed by atoms with E-state index >= 15 is 0 Å². The molecule has 1 aliphatic rings. The van der Waals surface area contributed by atoms with Crippen LogP contribution in [0.15, 0.2) is 9.85 Å². The highest BCUT2D eigenvalue weighted by Crippen LogP contribution is 2.37. The average Bonchev–Trinajstić information content (AvgIpc) is 2.49. The van der Waals surface area contributed by atoms with Crippen molar-refractivity contribution < 1.29 is 0 Å². The molecule has 0 aliphatic heterocycles. The fraction of sp³-hybridized carbons (Fsp3) is 0.692. The zero-order valence-corrected chi connectivity index (χ0v) is 12.2. The van der Waals surface area contributed by atoms with Gasteiger partial charge in [-0.2, -0.15) is 0 Å². The number of hydrogen-bond acceptors (Lipinski definition) is 2. The van der Waals surface area contributed by atoms with Gasteiger partial charge in [0.1, 0.15) is 0 Å². The Morgan fingerprint density at radius 3 is 2.44 bits per heavy atom. The van der Waals surface area contributed by atoms with Crippen LogP contribution in [0, 0.1) is 12.8 Å². The minimum atomic E-state index is 0.251. The minimum Gasteiger partial charge on any atom is -0.324 e. The van der Waals surface area contributed by atoms with Gasteiger partial charge < -0.3 is 5.73 Å². The molecule has 0 aromatic carbocycles. The molecule has 1 saturated carbocycles. The average molecular weight is 302 g/mol. The largest absolute Gasteiger partial charge is 0.324 e. The first kappa shape index (κ1) is 12.6. The second-order valence-corrected chi connectivity index (χ2v) is 7.48. The smallest absolute Gasteiger partial charge is 0.0704 e. The molecule has 1 atom stereocenters. The summed E-state index contributed by atoms with van der Waals surface area (Å²) in [4.78, 5) is 1.38. The summed E-state index contributed by atoms with van der Waals surface area (Å²) in [6, 6.07) is 2.47. The topological polar surface area (TPSA) is 26.0 Å². The van der Waals surface area contributed by atoms with Crippen LogP contribution in [0.2, 0.25) is 0 Å². The van der Waals surface area contributed by atoms with Crippen LogP contribution in [-0.2, 0) is 0 Å². The molecule has 90 valence electrons. The first-order valence-corrected chi connectivity index (χ1v) is 7.81. The highest BCUT2D eigenvalue weighted by atomic mass is 79.9. The van der Waals surface area contributed by atoms with Gasteiger partial charge in [-0.25, -0.2) is 0 Å². The Morgan fingerprint density at radius 2 is 1.94 bits per heavy atom. The van der Waals surface area contributed by atoms with Crippen molar-refractivity contribution in [2.75, 3.05) is 0 Å². The van der Waals surface area contributed by atoms with Crippen LogP contribution < -0.4 is 5.73 Å². The Bertz CT molecular complexity index is 340. The number of thiophene rings is 1. The van der Waals surface area contributed by atoms with Gasteiger partial charge in [-0.3, -0.25) is 0 Å². The number of aryl methyl sites for hydroxylation is 1. The molecular formula is C13H20BrNS. The van der Waals surface area contributed by atoms with E-state index in [9.17, 15) is 0 Å². The van der Waals surface area contributed by atoms with Gasteiger partial charge in [-0.05, 0) is 53.2 Å². The molecule has 1 nitrogen and oxygen atoms in total. The lowest BCUT2D eigenvalue weighted by molar-refractivity contribution is 0.382. The maximum Gasteiger partial charge on any atom is 0.0704 e. The summed E-state index contributed by atoms with van der Waals surface area (Å²) >= 11 is 5.36. The maximum atomic E-state index is 6.44. The van der Waals surface area contributed by atoms with Crippen molar-refractivity contribution >= 4 is 27.3 Å². The lowest BCUT2D eigenvalue weighted by Crippen LogP contribution is -2.21. The monoisotopic (exact) mass is 301 g/mol. The van der Waals surface area contributed by atoms with Gasteiger partial charge in [0.05, 0.1) is 3.79 Å². The van der Waals surface area contributed by atoms with E-state index in [2.05, 4.69) is 28.9 Å². The van der Waals surface area contributed by atoms with E-state index < -0.39 is 0 Å². The van der Waals surface area contributed by atoms with E-state index in [0.717, 1.165) is 0 Å². The number of rotatable bonds is 2. The summed E-state index contributed by atoms with van der Waals surface area (Å²) in [7, 11) is 0. The lowest BCUT2D eigenvalue weighted by atomic mass is 9.88. The summed E-state index contributed by atoms with van der Waals surface area (Å²) in [5.74, 6) is 0.697. The molecular weight excluding hydrogens is 282 g/mol. The van der Waals surface area contributed by atoms with Crippen LogP contribution >= 0.6 is 27.3 Å². The molecule has 1 aliphatic carbocycles. The molecule has 3 heteroatoms. The van der Waals surface area contributed by atoms with Crippen LogP contribution in [-0.4, -0.2) is 0 Å². The molecule has 0 spiro atoms. The standard InChI is InChI=1S/C13H20BrNS/c1-9-11(8-12(14)16-9)13(15)10-6-4-2-3-5-7-10/h8,10,13H,2-7,15H2,1H3. The van der Waals surface area contributed by atoms with E-state index in [0.29, 0.717) is 5.92 Å². The Balaban J connectivity index is 2.10. The van der Waals surface area contributed by atoms with Gasteiger partial charge in [0, 0.05) is 10.9 Å². The molecule has 1 unspecified atom stereocenters. The van der Waals surface area contributed by atoms with Crippen molar-refractivity contribution in [2.24, 2.45) is 11.7 Å². The second kappa shape index (κ2) is 5.65. The van der Waals surface area contributed by atoms with Crippen molar-refractivity contribution in [2.45, 2.75) is 51.5 Å². The lowest BCUT2D eigenvalue weighted by Gasteiger charge is -2.22. The highest BCUT2D eigenvalue weighted by Gasteiger charge is 2.23. The Hall–Kier alpha value is 0.140. The summed E-state index contributed by atoms with van der Waals surface area (Å²) in [5, 5.41) is 0. The predicted octanol–water partition coefficient (Wildman–Crippen LogP) is 4.79. The SMILES string of the molecule is Cc1sc(Br)cc1C(N)C1CCCCCC1. The Morgan fingerprint density at radius 1 is 1.31 bits per heavy atom. The van der Waals surface area contributed by atoms with Gasteiger partial charge >= 0.3 is 0 Å².